The lowest BCUT2D eigenvalue weighted by Gasteiger charge is -2.18. The molecule has 0 unspecified atom stereocenters. The fourth-order valence-corrected chi connectivity index (χ4v) is 8.07. The number of carbonyl (C=O) groups is 3. The van der Waals surface area contributed by atoms with Gasteiger partial charge in [0.25, 0.3) is 0 Å². The van der Waals surface area contributed by atoms with Crippen molar-refractivity contribution in [2.45, 2.75) is 303 Å². The molecule has 0 saturated carbocycles. The van der Waals surface area contributed by atoms with Gasteiger partial charge in [-0.15, -0.1) is 0 Å². The van der Waals surface area contributed by atoms with Crippen LogP contribution in [-0.4, -0.2) is 37.2 Å². The zero-order valence-electron chi connectivity index (χ0n) is 42.8. The molecule has 0 aromatic rings. The Bertz CT molecular complexity index is 1080. The summed E-state index contributed by atoms with van der Waals surface area (Å²) in [6.07, 6.45) is 62.7. The van der Waals surface area contributed by atoms with Gasteiger partial charge >= 0.3 is 17.9 Å². The first kappa shape index (κ1) is 61.6. The summed E-state index contributed by atoms with van der Waals surface area (Å²) in [5.41, 5.74) is 0. The Morgan fingerprint density at radius 3 is 0.812 bits per heavy atom. The second-order valence-corrected chi connectivity index (χ2v) is 18.8. The third-order valence-electron chi connectivity index (χ3n) is 12.3. The van der Waals surface area contributed by atoms with Crippen molar-refractivity contribution >= 4 is 17.9 Å². The first-order valence-electron chi connectivity index (χ1n) is 28.0. The van der Waals surface area contributed by atoms with Crippen LogP contribution in [0.25, 0.3) is 0 Å². The number of rotatable bonds is 51. The largest absolute Gasteiger partial charge is 0.462 e. The molecule has 0 aromatic carbocycles. The summed E-state index contributed by atoms with van der Waals surface area (Å²) < 4.78 is 16.8. The summed E-state index contributed by atoms with van der Waals surface area (Å²) in [5, 5.41) is 0. The molecular formula is C58H106O6. The lowest BCUT2D eigenvalue weighted by atomic mass is 10.1. The number of unbranched alkanes of at least 4 members (excludes halogenated alkanes) is 34. The van der Waals surface area contributed by atoms with Crippen LogP contribution in [0.15, 0.2) is 36.5 Å². The topological polar surface area (TPSA) is 78.9 Å². The van der Waals surface area contributed by atoms with Gasteiger partial charge in [0.05, 0.1) is 0 Å². The van der Waals surface area contributed by atoms with Gasteiger partial charge in [-0.3, -0.25) is 14.4 Å². The number of hydrogen-bond donors (Lipinski definition) is 0. The lowest BCUT2D eigenvalue weighted by Crippen LogP contribution is -2.30. The van der Waals surface area contributed by atoms with Crippen LogP contribution >= 0.6 is 0 Å². The van der Waals surface area contributed by atoms with E-state index in [1.807, 2.05) is 0 Å². The van der Waals surface area contributed by atoms with Crippen LogP contribution < -0.4 is 0 Å². The lowest BCUT2D eigenvalue weighted by molar-refractivity contribution is -0.167. The van der Waals surface area contributed by atoms with Crippen molar-refractivity contribution in [2.24, 2.45) is 0 Å². The third kappa shape index (κ3) is 50.6. The van der Waals surface area contributed by atoms with E-state index < -0.39 is 6.10 Å². The second kappa shape index (κ2) is 53.2. The maximum atomic E-state index is 12.8. The minimum Gasteiger partial charge on any atom is -0.462 e. The Morgan fingerprint density at radius 2 is 0.516 bits per heavy atom. The van der Waals surface area contributed by atoms with Gasteiger partial charge in [0.2, 0.25) is 0 Å². The average molecular weight is 899 g/mol. The fourth-order valence-electron chi connectivity index (χ4n) is 8.07. The summed E-state index contributed by atoms with van der Waals surface area (Å²) in [6, 6.07) is 0. The van der Waals surface area contributed by atoms with Crippen LogP contribution in [0.3, 0.4) is 0 Å². The SMILES string of the molecule is CCCCC/C=C\CCCCCCCC(=O)OC[C@H](COC(=O)CCCCCCCCC/C=C\CCCCCCCCCC)OC(=O)CCCCCCC/C=C\CCCCCCCC. The third-order valence-corrected chi connectivity index (χ3v) is 12.3. The highest BCUT2D eigenvalue weighted by Gasteiger charge is 2.19. The fraction of sp³-hybridized carbons (Fsp3) is 0.845. The first-order valence-corrected chi connectivity index (χ1v) is 28.0. The maximum Gasteiger partial charge on any atom is 0.306 e. The van der Waals surface area contributed by atoms with E-state index in [1.54, 1.807) is 0 Å². The normalized spacial score (nSPS) is 12.2. The smallest absolute Gasteiger partial charge is 0.306 e. The zero-order valence-corrected chi connectivity index (χ0v) is 42.8. The number of esters is 3. The molecule has 0 aliphatic heterocycles. The van der Waals surface area contributed by atoms with Crippen LogP contribution in [0.1, 0.15) is 297 Å². The Balaban J connectivity index is 4.34. The molecule has 64 heavy (non-hydrogen) atoms. The van der Waals surface area contributed by atoms with E-state index in [0.717, 1.165) is 70.6 Å². The predicted molar refractivity (Wildman–Crippen MR) is 275 cm³/mol. The average Bonchev–Trinajstić information content (AvgIpc) is 3.29. The Morgan fingerprint density at radius 1 is 0.297 bits per heavy atom. The highest BCUT2D eigenvalue weighted by atomic mass is 16.6. The quantitative estimate of drug-likeness (QED) is 0.0262. The molecule has 0 radical (unpaired) electrons. The zero-order chi connectivity index (χ0) is 46.5. The summed E-state index contributed by atoms with van der Waals surface area (Å²) in [7, 11) is 0. The van der Waals surface area contributed by atoms with Gasteiger partial charge in [-0.05, 0) is 96.3 Å². The van der Waals surface area contributed by atoms with Crippen molar-refractivity contribution in [3.63, 3.8) is 0 Å². The molecule has 0 spiro atoms. The van der Waals surface area contributed by atoms with Crippen LogP contribution in [-0.2, 0) is 28.6 Å². The second-order valence-electron chi connectivity index (χ2n) is 18.8. The van der Waals surface area contributed by atoms with E-state index in [-0.39, 0.29) is 31.1 Å². The minimum atomic E-state index is -0.779. The molecule has 374 valence electrons. The number of carbonyl (C=O) groups excluding carboxylic acids is 3. The summed E-state index contributed by atoms with van der Waals surface area (Å²) in [4.78, 5) is 38.0. The minimum absolute atomic E-state index is 0.0785. The first-order chi connectivity index (χ1) is 31.5. The molecule has 0 aliphatic rings. The molecule has 0 saturated heterocycles. The Kier molecular flexibility index (Phi) is 51.3. The predicted octanol–water partition coefficient (Wildman–Crippen LogP) is 18.5. The highest BCUT2D eigenvalue weighted by Crippen LogP contribution is 2.15. The van der Waals surface area contributed by atoms with Gasteiger partial charge in [-0.25, -0.2) is 0 Å². The van der Waals surface area contributed by atoms with Crippen LogP contribution in [0.5, 0.6) is 0 Å². The van der Waals surface area contributed by atoms with Gasteiger partial charge in [-0.1, -0.05) is 218 Å². The Labute approximate surface area is 397 Å². The van der Waals surface area contributed by atoms with Gasteiger partial charge < -0.3 is 14.2 Å². The van der Waals surface area contributed by atoms with Crippen molar-refractivity contribution in [1.29, 1.82) is 0 Å². The van der Waals surface area contributed by atoms with E-state index in [2.05, 4.69) is 57.2 Å². The van der Waals surface area contributed by atoms with Crippen molar-refractivity contribution in [3.8, 4) is 0 Å². The van der Waals surface area contributed by atoms with Gasteiger partial charge in [0.1, 0.15) is 13.2 Å². The van der Waals surface area contributed by atoms with Gasteiger partial charge in [0.15, 0.2) is 6.10 Å². The molecule has 1 atom stereocenters. The van der Waals surface area contributed by atoms with Crippen molar-refractivity contribution < 1.29 is 28.6 Å². The van der Waals surface area contributed by atoms with Gasteiger partial charge in [-0.2, -0.15) is 0 Å². The van der Waals surface area contributed by atoms with Crippen LogP contribution in [0.2, 0.25) is 0 Å². The molecule has 6 heteroatoms. The van der Waals surface area contributed by atoms with Crippen molar-refractivity contribution in [1.82, 2.24) is 0 Å². The molecule has 0 N–H and O–H groups in total. The van der Waals surface area contributed by atoms with Crippen LogP contribution in [0, 0.1) is 0 Å². The standard InChI is InChI=1S/C58H106O6/c1-4-7-10-13-16-19-22-25-27-28-29-30-32-33-36-39-42-45-48-51-57(60)63-54-55(53-62-56(59)50-47-44-41-38-35-24-21-18-15-12-9-6-3)64-58(61)52-49-46-43-40-37-34-31-26-23-20-17-14-11-8-5-2/h18,21,26,28-29,31,55H,4-17,19-20,22-25,27,30,32-54H2,1-3H3/b21-18-,29-28-,31-26-/t55-/m1/s1. The number of ether oxygens (including phenoxy) is 3. The molecule has 0 bridgehead atoms. The molecule has 6 nitrogen and oxygen atoms in total. The molecule has 0 heterocycles. The molecular weight excluding hydrogens is 793 g/mol. The number of allylic oxidation sites excluding steroid dienone is 6. The van der Waals surface area contributed by atoms with Gasteiger partial charge in [0, 0.05) is 19.3 Å². The summed E-state index contributed by atoms with van der Waals surface area (Å²) in [5.74, 6) is -0.888. The number of hydrogen-bond acceptors (Lipinski definition) is 6. The van der Waals surface area contributed by atoms with E-state index in [9.17, 15) is 14.4 Å². The molecule has 0 rings (SSSR count). The molecule has 0 fully saturated rings. The Hall–Kier alpha value is -2.37. The van der Waals surface area contributed by atoms with Crippen molar-refractivity contribution in [2.75, 3.05) is 13.2 Å². The van der Waals surface area contributed by atoms with Crippen molar-refractivity contribution in [3.05, 3.63) is 36.5 Å². The van der Waals surface area contributed by atoms with E-state index in [1.165, 1.54) is 186 Å². The van der Waals surface area contributed by atoms with Crippen LogP contribution in [0.4, 0.5) is 0 Å². The van der Waals surface area contributed by atoms with E-state index >= 15 is 0 Å². The molecule has 0 amide bonds. The molecule has 0 aliphatic carbocycles. The van der Waals surface area contributed by atoms with E-state index in [0.29, 0.717) is 19.3 Å². The summed E-state index contributed by atoms with van der Waals surface area (Å²) >= 11 is 0. The highest BCUT2D eigenvalue weighted by molar-refractivity contribution is 5.71. The maximum absolute atomic E-state index is 12.8. The summed E-state index contributed by atoms with van der Waals surface area (Å²) in [6.45, 7) is 6.62. The monoisotopic (exact) mass is 899 g/mol. The van der Waals surface area contributed by atoms with E-state index in [4.69, 9.17) is 14.2 Å². The molecule has 0 aromatic heterocycles.